The molecular weight excluding hydrogens is 270 g/mol. The zero-order valence-electron chi connectivity index (χ0n) is 9.08. The van der Waals surface area contributed by atoms with E-state index in [1.807, 2.05) is 0 Å². The molecular formula is C11H9N3O2S2. The number of aromatic hydroxyl groups is 1. The number of thiophene rings is 1. The lowest BCUT2D eigenvalue weighted by atomic mass is 10.4. The van der Waals surface area contributed by atoms with Crippen LogP contribution in [0.4, 0.5) is 5.82 Å². The van der Waals surface area contributed by atoms with E-state index in [4.69, 9.17) is 12.2 Å². The van der Waals surface area contributed by atoms with Crippen molar-refractivity contribution in [3.63, 3.8) is 0 Å². The van der Waals surface area contributed by atoms with E-state index in [-0.39, 0.29) is 22.6 Å². The first-order valence-electron chi connectivity index (χ1n) is 4.96. The largest absolute Gasteiger partial charge is 0.504 e. The van der Waals surface area contributed by atoms with Crippen molar-refractivity contribution in [1.82, 2.24) is 10.3 Å². The van der Waals surface area contributed by atoms with E-state index < -0.39 is 0 Å². The summed E-state index contributed by atoms with van der Waals surface area (Å²) in [5.41, 5.74) is 0. The van der Waals surface area contributed by atoms with Crippen LogP contribution in [0.2, 0.25) is 0 Å². The summed E-state index contributed by atoms with van der Waals surface area (Å²) in [6, 6.07) is 6.54. The third-order valence-electron chi connectivity index (χ3n) is 1.99. The van der Waals surface area contributed by atoms with Gasteiger partial charge in [-0.15, -0.1) is 11.3 Å². The van der Waals surface area contributed by atoms with Crippen molar-refractivity contribution in [1.29, 1.82) is 0 Å². The summed E-state index contributed by atoms with van der Waals surface area (Å²) < 4.78 is 0. The van der Waals surface area contributed by atoms with Crippen LogP contribution >= 0.6 is 23.6 Å². The number of carbonyl (C=O) groups excluding carboxylic acids is 1. The Kier molecular flexibility index (Phi) is 3.85. The number of hydrogen-bond donors (Lipinski definition) is 3. The van der Waals surface area contributed by atoms with Crippen LogP contribution in [0.5, 0.6) is 5.75 Å². The van der Waals surface area contributed by atoms with Gasteiger partial charge in [0.15, 0.2) is 16.7 Å². The van der Waals surface area contributed by atoms with Gasteiger partial charge in [0.05, 0.1) is 4.88 Å². The number of carbonyl (C=O) groups is 1. The van der Waals surface area contributed by atoms with Crippen molar-refractivity contribution in [2.45, 2.75) is 0 Å². The van der Waals surface area contributed by atoms with Crippen molar-refractivity contribution in [2.75, 3.05) is 5.32 Å². The Morgan fingerprint density at radius 1 is 1.39 bits per heavy atom. The maximum absolute atomic E-state index is 11.7. The molecule has 1 amide bonds. The lowest BCUT2D eigenvalue weighted by Gasteiger charge is -2.08. The maximum atomic E-state index is 11.7. The number of pyridine rings is 1. The molecule has 2 aromatic rings. The van der Waals surface area contributed by atoms with Crippen molar-refractivity contribution < 1.29 is 9.90 Å². The minimum Gasteiger partial charge on any atom is -0.504 e. The van der Waals surface area contributed by atoms with Gasteiger partial charge >= 0.3 is 0 Å². The Bertz CT molecular complexity index is 569. The van der Waals surface area contributed by atoms with E-state index in [0.29, 0.717) is 4.88 Å². The molecule has 0 saturated carbocycles. The number of aromatic nitrogens is 1. The molecule has 0 aromatic carbocycles. The second kappa shape index (κ2) is 5.56. The molecule has 0 radical (unpaired) electrons. The number of hydrogen-bond acceptors (Lipinski definition) is 5. The minimum atomic E-state index is -0.294. The molecule has 3 N–H and O–H groups in total. The molecule has 0 unspecified atom stereocenters. The average molecular weight is 279 g/mol. The van der Waals surface area contributed by atoms with Crippen LogP contribution in [-0.2, 0) is 0 Å². The van der Waals surface area contributed by atoms with Crippen molar-refractivity contribution in [2.24, 2.45) is 0 Å². The minimum absolute atomic E-state index is 0.0368. The standard InChI is InChI=1S/C11H9N3O2S2/c15-7-3-1-5-12-9(7)13-11(17)14-10(16)8-4-2-6-18-8/h1-6,15H,(H2,12,13,14,16,17). The Balaban J connectivity index is 1.98. The second-order valence-corrected chi connectivity index (χ2v) is 4.61. The number of rotatable bonds is 2. The molecule has 0 aliphatic carbocycles. The van der Waals surface area contributed by atoms with Gasteiger partial charge in [-0.1, -0.05) is 6.07 Å². The van der Waals surface area contributed by atoms with Crippen molar-refractivity contribution >= 4 is 40.4 Å². The van der Waals surface area contributed by atoms with Gasteiger partial charge in [-0.3, -0.25) is 10.1 Å². The monoisotopic (exact) mass is 279 g/mol. The van der Waals surface area contributed by atoms with Crippen LogP contribution < -0.4 is 10.6 Å². The van der Waals surface area contributed by atoms with Crippen LogP contribution in [0.1, 0.15) is 9.67 Å². The molecule has 0 aliphatic rings. The van der Waals surface area contributed by atoms with Crippen LogP contribution in [0.25, 0.3) is 0 Å². The lowest BCUT2D eigenvalue weighted by Crippen LogP contribution is -2.33. The van der Waals surface area contributed by atoms with Gasteiger partial charge in [0, 0.05) is 6.20 Å². The zero-order valence-corrected chi connectivity index (χ0v) is 10.7. The zero-order chi connectivity index (χ0) is 13.0. The molecule has 18 heavy (non-hydrogen) atoms. The number of thiocarbonyl (C=S) groups is 1. The summed E-state index contributed by atoms with van der Waals surface area (Å²) in [5.74, 6) is -0.128. The van der Waals surface area contributed by atoms with E-state index in [2.05, 4.69) is 15.6 Å². The summed E-state index contributed by atoms with van der Waals surface area (Å²) in [4.78, 5) is 16.1. The number of nitrogens with one attached hydrogen (secondary N) is 2. The number of nitrogens with zero attached hydrogens (tertiary/aromatic N) is 1. The molecule has 2 rings (SSSR count). The molecule has 0 atom stereocenters. The predicted octanol–water partition coefficient (Wildman–Crippen LogP) is 1.98. The van der Waals surface area contributed by atoms with Crippen LogP contribution in [-0.4, -0.2) is 21.1 Å². The predicted molar refractivity (Wildman–Crippen MR) is 73.9 cm³/mol. The van der Waals surface area contributed by atoms with E-state index in [9.17, 15) is 9.90 Å². The summed E-state index contributed by atoms with van der Waals surface area (Å²) in [6.45, 7) is 0. The topological polar surface area (TPSA) is 74.2 Å². The quantitative estimate of drug-likeness (QED) is 0.733. The highest BCUT2D eigenvalue weighted by Crippen LogP contribution is 2.17. The molecule has 0 bridgehead atoms. The first-order valence-corrected chi connectivity index (χ1v) is 6.25. The molecule has 2 aromatic heterocycles. The summed E-state index contributed by atoms with van der Waals surface area (Å²) >= 11 is 6.27. The third-order valence-corrected chi connectivity index (χ3v) is 3.06. The smallest absolute Gasteiger partial charge is 0.267 e. The number of anilines is 1. The third kappa shape index (κ3) is 3.02. The van der Waals surface area contributed by atoms with E-state index in [1.165, 1.54) is 23.6 Å². The van der Waals surface area contributed by atoms with Gasteiger partial charge < -0.3 is 10.4 Å². The summed E-state index contributed by atoms with van der Waals surface area (Å²) in [7, 11) is 0. The van der Waals surface area contributed by atoms with E-state index in [0.717, 1.165) is 0 Å². The van der Waals surface area contributed by atoms with Crippen LogP contribution in [0.3, 0.4) is 0 Å². The molecule has 7 heteroatoms. The first kappa shape index (κ1) is 12.5. The van der Waals surface area contributed by atoms with E-state index in [1.54, 1.807) is 23.6 Å². The van der Waals surface area contributed by atoms with Crippen LogP contribution in [0, 0.1) is 0 Å². The molecule has 0 fully saturated rings. The fourth-order valence-electron chi connectivity index (χ4n) is 1.20. The average Bonchev–Trinajstić information content (AvgIpc) is 2.85. The van der Waals surface area contributed by atoms with Gasteiger partial charge in [0.25, 0.3) is 5.91 Å². The fourth-order valence-corrected chi connectivity index (χ4v) is 2.01. The summed E-state index contributed by atoms with van der Waals surface area (Å²) in [6.07, 6.45) is 1.51. The fraction of sp³-hybridized carbons (Fsp3) is 0. The molecule has 2 heterocycles. The SMILES string of the molecule is O=C(NC(=S)Nc1ncccc1O)c1cccs1. The molecule has 5 nitrogen and oxygen atoms in total. The molecule has 0 saturated heterocycles. The van der Waals surface area contributed by atoms with Crippen molar-refractivity contribution in [3.8, 4) is 5.75 Å². The summed E-state index contributed by atoms with van der Waals surface area (Å²) in [5, 5.41) is 16.5. The highest BCUT2D eigenvalue weighted by molar-refractivity contribution is 7.80. The number of amides is 1. The maximum Gasteiger partial charge on any atom is 0.267 e. The first-order chi connectivity index (χ1) is 8.66. The van der Waals surface area contributed by atoms with Gasteiger partial charge in [-0.2, -0.15) is 0 Å². The van der Waals surface area contributed by atoms with Gasteiger partial charge in [0.2, 0.25) is 0 Å². The van der Waals surface area contributed by atoms with Crippen molar-refractivity contribution in [3.05, 3.63) is 40.7 Å². The van der Waals surface area contributed by atoms with Gasteiger partial charge in [-0.05, 0) is 35.8 Å². The Hall–Kier alpha value is -1.99. The van der Waals surface area contributed by atoms with Gasteiger partial charge in [-0.25, -0.2) is 4.98 Å². The van der Waals surface area contributed by atoms with E-state index >= 15 is 0 Å². The normalized spacial score (nSPS) is 9.78. The lowest BCUT2D eigenvalue weighted by molar-refractivity contribution is 0.0981. The van der Waals surface area contributed by atoms with Gasteiger partial charge in [0.1, 0.15) is 0 Å². The highest BCUT2D eigenvalue weighted by atomic mass is 32.1. The highest BCUT2D eigenvalue weighted by Gasteiger charge is 2.10. The Morgan fingerprint density at radius 3 is 2.89 bits per heavy atom. The molecule has 0 aliphatic heterocycles. The molecule has 0 spiro atoms. The second-order valence-electron chi connectivity index (χ2n) is 3.26. The molecule has 92 valence electrons. The van der Waals surface area contributed by atoms with Crippen LogP contribution in [0.15, 0.2) is 35.8 Å². The Morgan fingerprint density at radius 2 is 2.22 bits per heavy atom. The Labute approximate surface area is 112 Å².